The summed E-state index contributed by atoms with van der Waals surface area (Å²) in [6, 6.07) is 8.15. The molecule has 154 valence electrons. The first-order valence-corrected chi connectivity index (χ1v) is 11.5. The van der Waals surface area contributed by atoms with Gasteiger partial charge < -0.3 is 9.47 Å². The van der Waals surface area contributed by atoms with Crippen molar-refractivity contribution in [2.24, 2.45) is 10.9 Å². The van der Waals surface area contributed by atoms with Gasteiger partial charge in [0.2, 0.25) is 0 Å². The summed E-state index contributed by atoms with van der Waals surface area (Å²) in [5.74, 6) is -1.11. The molecule has 1 saturated heterocycles. The van der Waals surface area contributed by atoms with Crippen molar-refractivity contribution in [3.63, 3.8) is 0 Å². The molecule has 0 saturated carbocycles. The second-order valence-corrected chi connectivity index (χ2v) is 8.76. The zero-order valence-electron chi connectivity index (χ0n) is 17.0. The van der Waals surface area contributed by atoms with E-state index in [9.17, 15) is 9.59 Å². The summed E-state index contributed by atoms with van der Waals surface area (Å²) in [5.41, 5.74) is 3.26. The van der Waals surface area contributed by atoms with Crippen LogP contribution in [0.4, 0.5) is 0 Å². The number of benzene rings is 1. The standard InChI is InChI=1S/C23H27NO4S/c1-14-20(23(26)28-13-16-5-4-12-27-16)21(15-8-10-17(29-2)11-9-15)22-18(24-14)6-3-7-19(22)25/h8-11,16,20-21H,3-7,12-13H2,1-2H3/t16-,20?,21+/m0/s1. The number of rotatable bonds is 5. The van der Waals surface area contributed by atoms with Gasteiger partial charge in [0.25, 0.3) is 0 Å². The first-order valence-electron chi connectivity index (χ1n) is 10.3. The highest BCUT2D eigenvalue weighted by atomic mass is 32.2. The highest BCUT2D eigenvalue weighted by Gasteiger charge is 2.43. The van der Waals surface area contributed by atoms with Crippen molar-refractivity contribution in [1.82, 2.24) is 0 Å². The monoisotopic (exact) mass is 413 g/mol. The molecule has 1 aliphatic carbocycles. The first kappa shape index (κ1) is 20.4. The fourth-order valence-corrected chi connectivity index (χ4v) is 4.93. The van der Waals surface area contributed by atoms with E-state index in [-0.39, 0.29) is 30.4 Å². The van der Waals surface area contributed by atoms with E-state index in [2.05, 4.69) is 4.99 Å². The van der Waals surface area contributed by atoms with Gasteiger partial charge in [-0.2, -0.15) is 0 Å². The molecule has 1 aromatic carbocycles. The third kappa shape index (κ3) is 4.19. The quantitative estimate of drug-likeness (QED) is 0.532. The fourth-order valence-electron chi connectivity index (χ4n) is 4.52. The number of esters is 1. The van der Waals surface area contributed by atoms with E-state index >= 15 is 0 Å². The molecule has 1 aromatic rings. The zero-order valence-corrected chi connectivity index (χ0v) is 17.8. The largest absolute Gasteiger partial charge is 0.462 e. The minimum absolute atomic E-state index is 0.0230. The summed E-state index contributed by atoms with van der Waals surface area (Å²) in [6.07, 6.45) is 6.05. The van der Waals surface area contributed by atoms with Crippen molar-refractivity contribution in [1.29, 1.82) is 0 Å². The maximum absolute atomic E-state index is 13.2. The van der Waals surface area contributed by atoms with Crippen molar-refractivity contribution >= 4 is 29.2 Å². The molecular formula is C23H27NO4S. The summed E-state index contributed by atoms with van der Waals surface area (Å²) >= 11 is 1.67. The lowest BCUT2D eigenvalue weighted by atomic mass is 9.72. The lowest BCUT2D eigenvalue weighted by molar-refractivity contribution is -0.149. The lowest BCUT2D eigenvalue weighted by Crippen LogP contribution is -2.38. The normalized spacial score (nSPS) is 26.9. The molecule has 5 nitrogen and oxygen atoms in total. The minimum Gasteiger partial charge on any atom is -0.462 e. The van der Waals surface area contributed by atoms with E-state index in [1.165, 1.54) is 0 Å². The van der Waals surface area contributed by atoms with Gasteiger partial charge in [-0.3, -0.25) is 14.6 Å². The molecule has 0 amide bonds. The zero-order chi connectivity index (χ0) is 20.4. The Kier molecular flexibility index (Phi) is 6.20. The molecule has 3 aliphatic rings. The molecule has 1 fully saturated rings. The van der Waals surface area contributed by atoms with E-state index in [1.807, 2.05) is 37.4 Å². The van der Waals surface area contributed by atoms with Crippen molar-refractivity contribution in [3.8, 4) is 0 Å². The van der Waals surface area contributed by atoms with Crippen LogP contribution in [0, 0.1) is 5.92 Å². The predicted octanol–water partition coefficient (Wildman–Crippen LogP) is 4.31. The van der Waals surface area contributed by atoms with Crippen LogP contribution in [-0.4, -0.2) is 43.0 Å². The van der Waals surface area contributed by atoms with Crippen LogP contribution in [-0.2, 0) is 19.1 Å². The van der Waals surface area contributed by atoms with Gasteiger partial charge in [-0.1, -0.05) is 12.1 Å². The van der Waals surface area contributed by atoms with Gasteiger partial charge in [0.05, 0.1) is 6.10 Å². The second-order valence-electron chi connectivity index (χ2n) is 7.88. The number of ketones is 1. The second kappa shape index (κ2) is 8.84. The number of hydrogen-bond donors (Lipinski definition) is 0. The Morgan fingerprint density at radius 1 is 1.24 bits per heavy atom. The molecule has 2 heterocycles. The molecular weight excluding hydrogens is 386 g/mol. The van der Waals surface area contributed by atoms with Crippen LogP contribution >= 0.6 is 11.8 Å². The third-order valence-corrected chi connectivity index (χ3v) is 6.74. The average Bonchev–Trinajstić information content (AvgIpc) is 3.25. The SMILES string of the molecule is CSc1ccc([C@H]2C3=C(CCCC3=O)N=C(C)C2C(=O)OC[C@@H]2CCCO2)cc1. The van der Waals surface area contributed by atoms with Crippen molar-refractivity contribution in [3.05, 3.63) is 41.1 Å². The highest BCUT2D eigenvalue weighted by Crippen LogP contribution is 2.43. The Labute approximate surface area is 175 Å². The third-order valence-electron chi connectivity index (χ3n) is 6.00. The van der Waals surface area contributed by atoms with Gasteiger partial charge in [-0.05, 0) is 56.6 Å². The van der Waals surface area contributed by atoms with Crippen LogP contribution in [0.25, 0.3) is 0 Å². The van der Waals surface area contributed by atoms with E-state index < -0.39 is 5.92 Å². The number of thioether (sulfide) groups is 1. The van der Waals surface area contributed by atoms with E-state index in [0.29, 0.717) is 12.0 Å². The van der Waals surface area contributed by atoms with Crippen LogP contribution in [0.1, 0.15) is 50.5 Å². The van der Waals surface area contributed by atoms with Gasteiger partial charge in [0, 0.05) is 40.8 Å². The Morgan fingerprint density at radius 3 is 2.72 bits per heavy atom. The number of hydrogen-bond acceptors (Lipinski definition) is 6. The van der Waals surface area contributed by atoms with Crippen LogP contribution in [0.2, 0.25) is 0 Å². The number of ether oxygens (including phenoxy) is 2. The topological polar surface area (TPSA) is 65.0 Å². The van der Waals surface area contributed by atoms with Gasteiger partial charge in [-0.25, -0.2) is 0 Å². The van der Waals surface area contributed by atoms with Crippen LogP contribution in [0.3, 0.4) is 0 Å². The molecule has 0 aromatic heterocycles. The Hall–Kier alpha value is -1.92. The van der Waals surface area contributed by atoms with Gasteiger partial charge in [-0.15, -0.1) is 11.8 Å². The van der Waals surface area contributed by atoms with E-state index in [1.54, 1.807) is 11.8 Å². The van der Waals surface area contributed by atoms with E-state index in [0.717, 1.165) is 54.2 Å². The number of nitrogens with zero attached hydrogens (tertiary/aromatic N) is 1. The highest BCUT2D eigenvalue weighted by molar-refractivity contribution is 7.98. The fraction of sp³-hybridized carbons (Fsp3) is 0.522. The van der Waals surface area contributed by atoms with Gasteiger partial charge >= 0.3 is 5.97 Å². The molecule has 0 spiro atoms. The molecule has 3 atom stereocenters. The van der Waals surface area contributed by atoms with Gasteiger partial charge in [0.1, 0.15) is 12.5 Å². The Bertz CT molecular complexity index is 852. The lowest BCUT2D eigenvalue weighted by Gasteiger charge is -2.34. The minimum atomic E-state index is -0.572. The molecule has 4 rings (SSSR count). The van der Waals surface area contributed by atoms with Crippen molar-refractivity contribution < 1.29 is 19.1 Å². The van der Waals surface area contributed by atoms with Crippen LogP contribution in [0.15, 0.2) is 45.4 Å². The summed E-state index contributed by atoms with van der Waals surface area (Å²) in [4.78, 5) is 31.9. The predicted molar refractivity (Wildman–Crippen MR) is 113 cm³/mol. The molecule has 1 unspecified atom stereocenters. The molecule has 6 heteroatoms. The van der Waals surface area contributed by atoms with Crippen LogP contribution < -0.4 is 0 Å². The maximum atomic E-state index is 13.2. The first-order chi connectivity index (χ1) is 14.1. The molecule has 29 heavy (non-hydrogen) atoms. The number of aliphatic imine (C=N–C) groups is 1. The number of Topliss-reactive ketones (excluding diaryl/α,β-unsaturated/α-hetero) is 1. The number of allylic oxidation sites excluding steroid dienone is 2. The maximum Gasteiger partial charge on any atom is 0.315 e. The molecule has 0 bridgehead atoms. The molecule has 0 N–H and O–H groups in total. The van der Waals surface area contributed by atoms with E-state index in [4.69, 9.17) is 9.47 Å². The Balaban J connectivity index is 1.67. The molecule has 2 aliphatic heterocycles. The van der Waals surface area contributed by atoms with Crippen LogP contribution in [0.5, 0.6) is 0 Å². The Morgan fingerprint density at radius 2 is 2.03 bits per heavy atom. The summed E-state index contributed by atoms with van der Waals surface area (Å²) in [7, 11) is 0. The van der Waals surface area contributed by atoms with Gasteiger partial charge in [0.15, 0.2) is 5.78 Å². The summed E-state index contributed by atoms with van der Waals surface area (Å²) in [6.45, 7) is 2.87. The smallest absolute Gasteiger partial charge is 0.315 e. The number of carbonyl (C=O) groups is 2. The summed E-state index contributed by atoms with van der Waals surface area (Å²) < 4.78 is 11.2. The average molecular weight is 414 g/mol. The molecule has 0 radical (unpaired) electrons. The van der Waals surface area contributed by atoms with Crippen molar-refractivity contribution in [2.75, 3.05) is 19.5 Å². The number of carbonyl (C=O) groups excluding carboxylic acids is 2. The van der Waals surface area contributed by atoms with Crippen molar-refractivity contribution in [2.45, 2.75) is 55.9 Å². The summed E-state index contributed by atoms with van der Waals surface area (Å²) in [5, 5.41) is 0.